The number of hydrogen-bond acceptors (Lipinski definition) is 3. The molecule has 2 unspecified atom stereocenters. The van der Waals surface area contributed by atoms with Crippen molar-refractivity contribution in [3.05, 3.63) is 0 Å². The number of nitrogens with zero attached hydrogens (tertiary/aromatic N) is 1. The number of nitrogens with one attached hydrogen (secondary N) is 1. The minimum absolute atomic E-state index is 0.200. The summed E-state index contributed by atoms with van der Waals surface area (Å²) in [6.07, 6.45) is 7.65. The molecule has 3 N–H and O–H groups in total. The summed E-state index contributed by atoms with van der Waals surface area (Å²) in [5, 5.41) is 0. The molecule has 0 saturated carbocycles. The number of piperidine rings is 1. The zero-order valence-electron chi connectivity index (χ0n) is 12.8. The monoisotopic (exact) mass is 255 g/mol. The van der Waals surface area contributed by atoms with Crippen LogP contribution < -0.4 is 11.3 Å². The Balaban J connectivity index is 2.87. The van der Waals surface area contributed by atoms with Gasteiger partial charge in [-0.2, -0.15) is 0 Å². The van der Waals surface area contributed by atoms with Crippen molar-refractivity contribution in [1.29, 1.82) is 0 Å². The predicted molar refractivity (Wildman–Crippen MR) is 79.3 cm³/mol. The van der Waals surface area contributed by atoms with E-state index in [2.05, 4.69) is 38.0 Å². The maximum atomic E-state index is 5.92. The van der Waals surface area contributed by atoms with Crippen molar-refractivity contribution in [2.75, 3.05) is 13.1 Å². The molecule has 1 aliphatic heterocycles. The summed E-state index contributed by atoms with van der Waals surface area (Å²) in [7, 11) is 0. The van der Waals surface area contributed by atoms with Crippen LogP contribution in [-0.4, -0.2) is 29.6 Å². The molecule has 2 atom stereocenters. The lowest BCUT2D eigenvalue weighted by Crippen LogP contribution is -2.64. The average Bonchev–Trinajstić information content (AvgIpc) is 2.44. The highest BCUT2D eigenvalue weighted by Crippen LogP contribution is 2.32. The minimum atomic E-state index is 0.200. The molecule has 0 aliphatic carbocycles. The summed E-state index contributed by atoms with van der Waals surface area (Å²) in [5.74, 6) is 6.58. The van der Waals surface area contributed by atoms with E-state index in [4.69, 9.17) is 5.84 Å². The molecule has 0 amide bonds. The first-order valence-electron chi connectivity index (χ1n) is 7.85. The van der Waals surface area contributed by atoms with Crippen LogP contribution in [0.1, 0.15) is 66.2 Å². The lowest BCUT2D eigenvalue weighted by molar-refractivity contribution is 0.0212. The topological polar surface area (TPSA) is 41.3 Å². The largest absolute Gasteiger partial charge is 0.296 e. The second-order valence-corrected chi connectivity index (χ2v) is 5.98. The average molecular weight is 255 g/mol. The molecular formula is C15H33N3. The van der Waals surface area contributed by atoms with Gasteiger partial charge in [-0.15, -0.1) is 0 Å². The number of rotatable bonds is 7. The van der Waals surface area contributed by atoms with Gasteiger partial charge in [0, 0.05) is 11.6 Å². The van der Waals surface area contributed by atoms with Gasteiger partial charge < -0.3 is 0 Å². The van der Waals surface area contributed by atoms with Crippen LogP contribution in [0.15, 0.2) is 0 Å². The third-order valence-corrected chi connectivity index (χ3v) is 5.16. The van der Waals surface area contributed by atoms with E-state index in [1.54, 1.807) is 0 Å². The lowest BCUT2D eigenvalue weighted by Gasteiger charge is -2.50. The van der Waals surface area contributed by atoms with E-state index >= 15 is 0 Å². The van der Waals surface area contributed by atoms with Crippen molar-refractivity contribution in [2.45, 2.75) is 77.8 Å². The predicted octanol–water partition coefficient (Wildman–Crippen LogP) is 2.91. The van der Waals surface area contributed by atoms with Crippen LogP contribution in [0.2, 0.25) is 0 Å². The lowest BCUT2D eigenvalue weighted by atomic mass is 9.77. The Kier molecular flexibility index (Phi) is 6.61. The van der Waals surface area contributed by atoms with Crippen molar-refractivity contribution in [3.63, 3.8) is 0 Å². The Hall–Kier alpha value is -0.120. The van der Waals surface area contributed by atoms with Crippen LogP contribution in [0.3, 0.4) is 0 Å². The third kappa shape index (κ3) is 3.25. The first-order chi connectivity index (χ1) is 8.63. The van der Waals surface area contributed by atoms with E-state index in [1.165, 1.54) is 51.6 Å². The van der Waals surface area contributed by atoms with Gasteiger partial charge in [-0.1, -0.05) is 40.0 Å². The van der Waals surface area contributed by atoms with Crippen LogP contribution in [0.25, 0.3) is 0 Å². The summed E-state index contributed by atoms with van der Waals surface area (Å²) < 4.78 is 0. The van der Waals surface area contributed by atoms with Crippen molar-refractivity contribution in [3.8, 4) is 0 Å². The van der Waals surface area contributed by atoms with Gasteiger partial charge in [-0.3, -0.25) is 16.2 Å². The smallest absolute Gasteiger partial charge is 0.0419 e. The summed E-state index contributed by atoms with van der Waals surface area (Å²) in [6.45, 7) is 11.8. The number of nitrogens with two attached hydrogens (primary N) is 1. The normalized spacial score (nSPS) is 23.0. The molecule has 0 spiro atoms. The first kappa shape index (κ1) is 15.9. The minimum Gasteiger partial charge on any atom is -0.296 e. The fourth-order valence-corrected chi connectivity index (χ4v) is 3.63. The molecule has 3 heteroatoms. The van der Waals surface area contributed by atoms with Crippen LogP contribution in [0.4, 0.5) is 0 Å². The maximum absolute atomic E-state index is 5.92. The van der Waals surface area contributed by atoms with Crippen molar-refractivity contribution >= 4 is 0 Å². The number of hydrogen-bond donors (Lipinski definition) is 2. The first-order valence-corrected chi connectivity index (χ1v) is 7.85. The molecule has 1 heterocycles. The van der Waals surface area contributed by atoms with E-state index in [0.717, 1.165) is 0 Å². The molecule has 18 heavy (non-hydrogen) atoms. The number of hydrazine groups is 1. The highest BCUT2D eigenvalue weighted by molar-refractivity contribution is 4.99. The molecule has 108 valence electrons. The van der Waals surface area contributed by atoms with Gasteiger partial charge in [0.1, 0.15) is 0 Å². The van der Waals surface area contributed by atoms with E-state index < -0.39 is 0 Å². The van der Waals surface area contributed by atoms with E-state index in [0.29, 0.717) is 12.0 Å². The van der Waals surface area contributed by atoms with Gasteiger partial charge in [-0.05, 0) is 45.2 Å². The molecular weight excluding hydrogens is 222 g/mol. The Bertz CT molecular complexity index is 222. The molecule has 1 saturated heterocycles. The molecule has 1 aliphatic rings. The van der Waals surface area contributed by atoms with E-state index in [-0.39, 0.29) is 5.54 Å². The van der Waals surface area contributed by atoms with Gasteiger partial charge in [-0.25, -0.2) is 0 Å². The fourth-order valence-electron chi connectivity index (χ4n) is 3.63. The van der Waals surface area contributed by atoms with Crippen LogP contribution >= 0.6 is 0 Å². The van der Waals surface area contributed by atoms with E-state index in [9.17, 15) is 0 Å². The van der Waals surface area contributed by atoms with Crippen LogP contribution in [-0.2, 0) is 0 Å². The Morgan fingerprint density at radius 3 is 2.06 bits per heavy atom. The highest BCUT2D eigenvalue weighted by Gasteiger charge is 2.41. The quantitative estimate of drug-likeness (QED) is 0.543. The number of likely N-dealkylation sites (tertiary alicyclic amines) is 1. The zero-order chi connectivity index (χ0) is 13.6. The molecule has 0 aromatic carbocycles. The third-order valence-electron chi connectivity index (χ3n) is 5.16. The van der Waals surface area contributed by atoms with E-state index in [1.807, 2.05) is 0 Å². The Morgan fingerprint density at radius 2 is 1.67 bits per heavy atom. The Morgan fingerprint density at radius 1 is 1.11 bits per heavy atom. The van der Waals surface area contributed by atoms with Crippen molar-refractivity contribution in [2.24, 2.45) is 11.8 Å². The second-order valence-electron chi connectivity index (χ2n) is 5.98. The van der Waals surface area contributed by atoms with Crippen LogP contribution in [0.5, 0.6) is 0 Å². The highest BCUT2D eigenvalue weighted by atomic mass is 15.3. The molecule has 0 aromatic heterocycles. The molecule has 0 bridgehead atoms. The van der Waals surface area contributed by atoms with Gasteiger partial charge in [0.05, 0.1) is 0 Å². The fraction of sp³-hybridized carbons (Fsp3) is 1.00. The standard InChI is InChI=1S/C15H33N3/c1-5-13(6-2)14(17-16)15(4,7-3)18-11-9-8-10-12-18/h13-14,17H,5-12,16H2,1-4H3. The molecule has 0 aromatic rings. The molecule has 3 nitrogen and oxygen atoms in total. The summed E-state index contributed by atoms with van der Waals surface area (Å²) in [5.41, 5.74) is 3.35. The molecule has 1 rings (SSSR count). The maximum Gasteiger partial charge on any atom is 0.0419 e. The zero-order valence-corrected chi connectivity index (χ0v) is 12.8. The van der Waals surface area contributed by atoms with Gasteiger partial charge in [0.15, 0.2) is 0 Å². The summed E-state index contributed by atoms with van der Waals surface area (Å²) >= 11 is 0. The summed E-state index contributed by atoms with van der Waals surface area (Å²) in [4.78, 5) is 2.68. The van der Waals surface area contributed by atoms with Crippen molar-refractivity contribution < 1.29 is 0 Å². The SMILES string of the molecule is CCC(CC)C(NN)C(C)(CC)N1CCCCC1. The van der Waals surface area contributed by atoms with Crippen LogP contribution in [0, 0.1) is 5.92 Å². The van der Waals surface area contributed by atoms with Gasteiger partial charge in [0.2, 0.25) is 0 Å². The summed E-state index contributed by atoms with van der Waals surface area (Å²) in [6, 6.07) is 0.399. The Labute approximate surface area is 113 Å². The second kappa shape index (κ2) is 7.46. The molecule has 0 radical (unpaired) electrons. The van der Waals surface area contributed by atoms with Gasteiger partial charge in [0.25, 0.3) is 0 Å². The molecule has 1 fully saturated rings. The van der Waals surface area contributed by atoms with Gasteiger partial charge >= 0.3 is 0 Å². The van der Waals surface area contributed by atoms with Crippen molar-refractivity contribution in [1.82, 2.24) is 10.3 Å².